The molecule has 5 rings (SSSR count). The largest absolute Gasteiger partial charge is 0.496 e. The summed E-state index contributed by atoms with van der Waals surface area (Å²) in [6.45, 7) is 0. The van der Waals surface area contributed by atoms with Crippen LogP contribution in [0.15, 0.2) is 57.5 Å². The Morgan fingerprint density at radius 2 is 1.79 bits per heavy atom. The zero-order chi connectivity index (χ0) is 27.4. The third kappa shape index (κ3) is 5.50. The molecule has 0 saturated carbocycles. The molecule has 2 heterocycles. The lowest BCUT2D eigenvalue weighted by molar-refractivity contribution is -0.118. The van der Waals surface area contributed by atoms with Crippen molar-refractivity contribution in [3.8, 4) is 22.9 Å². The summed E-state index contributed by atoms with van der Waals surface area (Å²) in [4.78, 5) is 33.3. The van der Waals surface area contributed by atoms with Crippen molar-refractivity contribution in [2.75, 3.05) is 27.1 Å². The highest BCUT2D eigenvalue weighted by molar-refractivity contribution is 7.99. The average Bonchev–Trinajstić information content (AvgIpc) is 3.35. The van der Waals surface area contributed by atoms with Crippen molar-refractivity contribution in [2.24, 2.45) is 5.10 Å². The smallest absolute Gasteiger partial charge is 0.267 e. The number of amides is 1. The molecule has 0 unspecified atom stereocenters. The van der Waals surface area contributed by atoms with Crippen LogP contribution in [0.1, 0.15) is 28.8 Å². The van der Waals surface area contributed by atoms with Crippen LogP contribution in [0.5, 0.6) is 17.2 Å². The van der Waals surface area contributed by atoms with Gasteiger partial charge in [-0.25, -0.2) is 10.4 Å². The van der Waals surface area contributed by atoms with E-state index in [2.05, 4.69) is 10.5 Å². The number of thiophene rings is 1. The molecule has 0 bridgehead atoms. The highest BCUT2D eigenvalue weighted by Crippen LogP contribution is 2.36. The zero-order valence-corrected chi connectivity index (χ0v) is 23.5. The summed E-state index contributed by atoms with van der Waals surface area (Å²) in [5.74, 6) is 1.24. The van der Waals surface area contributed by atoms with E-state index in [-0.39, 0.29) is 17.2 Å². The van der Waals surface area contributed by atoms with E-state index in [0.717, 1.165) is 36.1 Å². The minimum absolute atomic E-state index is 0.0241. The molecule has 0 aliphatic heterocycles. The highest BCUT2D eigenvalue weighted by Gasteiger charge is 2.23. The summed E-state index contributed by atoms with van der Waals surface area (Å²) in [5, 5.41) is 5.26. The highest BCUT2D eigenvalue weighted by atomic mass is 32.2. The van der Waals surface area contributed by atoms with E-state index in [4.69, 9.17) is 19.2 Å². The lowest BCUT2D eigenvalue weighted by Gasteiger charge is -2.13. The fourth-order valence-corrected chi connectivity index (χ4v) is 6.69. The van der Waals surface area contributed by atoms with Crippen LogP contribution in [0.25, 0.3) is 15.9 Å². The molecule has 0 fully saturated rings. The number of para-hydroxylation sites is 1. The molecule has 1 aliphatic rings. The van der Waals surface area contributed by atoms with Crippen molar-refractivity contribution in [2.45, 2.75) is 30.8 Å². The first-order chi connectivity index (χ1) is 19.0. The molecule has 0 radical (unpaired) electrons. The molecular weight excluding hydrogens is 536 g/mol. The lowest BCUT2D eigenvalue weighted by atomic mass is 9.97. The number of hydrogen-bond acceptors (Lipinski definition) is 9. The number of nitrogens with zero attached hydrogens (tertiary/aromatic N) is 3. The maximum absolute atomic E-state index is 13.8. The second-order valence-corrected chi connectivity index (χ2v) is 10.8. The normalized spacial score (nSPS) is 12.9. The molecule has 11 heteroatoms. The number of carbonyl (C=O) groups is 1. The summed E-state index contributed by atoms with van der Waals surface area (Å²) in [5.41, 5.74) is 4.91. The van der Waals surface area contributed by atoms with Crippen molar-refractivity contribution in [1.82, 2.24) is 15.0 Å². The Balaban J connectivity index is 1.38. The Hall–Kier alpha value is -3.83. The van der Waals surface area contributed by atoms with Crippen molar-refractivity contribution in [3.63, 3.8) is 0 Å². The Bertz CT molecular complexity index is 1600. The SMILES string of the molecule is COc1cc(OC)c(OC)cc1C=NNC(=O)CSc1nc2sc3c(c2c(=O)n1-c1ccccc1)CCCC3. The van der Waals surface area contributed by atoms with Gasteiger partial charge in [0.2, 0.25) is 0 Å². The number of thioether (sulfide) groups is 1. The van der Waals surface area contributed by atoms with Gasteiger partial charge in [-0.1, -0.05) is 30.0 Å². The first kappa shape index (κ1) is 26.8. The van der Waals surface area contributed by atoms with Gasteiger partial charge in [0.25, 0.3) is 11.5 Å². The minimum Gasteiger partial charge on any atom is -0.496 e. The summed E-state index contributed by atoms with van der Waals surface area (Å²) >= 11 is 2.80. The van der Waals surface area contributed by atoms with Crippen LogP contribution < -0.4 is 25.2 Å². The number of methoxy groups -OCH3 is 3. The molecule has 2 aromatic carbocycles. The Kier molecular flexibility index (Phi) is 8.18. The summed E-state index contributed by atoms with van der Waals surface area (Å²) in [6.07, 6.45) is 5.57. The van der Waals surface area contributed by atoms with Crippen LogP contribution >= 0.6 is 23.1 Å². The number of ether oxygens (including phenoxy) is 3. The Morgan fingerprint density at radius 1 is 1.08 bits per heavy atom. The summed E-state index contributed by atoms with van der Waals surface area (Å²) < 4.78 is 17.6. The second kappa shape index (κ2) is 11.9. The maximum Gasteiger partial charge on any atom is 0.267 e. The van der Waals surface area contributed by atoms with E-state index in [1.807, 2.05) is 30.3 Å². The first-order valence-electron chi connectivity index (χ1n) is 12.4. The molecule has 2 aromatic heterocycles. The van der Waals surface area contributed by atoms with Crippen molar-refractivity contribution >= 4 is 45.4 Å². The van der Waals surface area contributed by atoms with Gasteiger partial charge in [-0.2, -0.15) is 5.10 Å². The number of benzene rings is 2. The average molecular weight is 565 g/mol. The van der Waals surface area contributed by atoms with Crippen LogP contribution in [-0.4, -0.2) is 48.8 Å². The molecule has 1 aliphatic carbocycles. The number of hydrogen-bond donors (Lipinski definition) is 1. The number of rotatable bonds is 9. The molecule has 39 heavy (non-hydrogen) atoms. The van der Waals surface area contributed by atoms with Crippen LogP contribution in [0.4, 0.5) is 0 Å². The molecular formula is C28H28N4O5S2. The predicted molar refractivity (Wildman–Crippen MR) is 154 cm³/mol. The Morgan fingerprint density at radius 3 is 2.54 bits per heavy atom. The van der Waals surface area contributed by atoms with Crippen molar-refractivity contribution in [1.29, 1.82) is 0 Å². The minimum atomic E-state index is -0.338. The lowest BCUT2D eigenvalue weighted by Crippen LogP contribution is -2.24. The fraction of sp³-hybridized carbons (Fsp3) is 0.286. The van der Waals surface area contributed by atoms with Crippen LogP contribution in [0.3, 0.4) is 0 Å². The zero-order valence-electron chi connectivity index (χ0n) is 21.9. The second-order valence-electron chi connectivity index (χ2n) is 8.79. The topological polar surface area (TPSA) is 104 Å². The van der Waals surface area contributed by atoms with Gasteiger partial charge in [0.1, 0.15) is 10.6 Å². The molecule has 0 atom stereocenters. The molecule has 0 saturated heterocycles. The molecule has 202 valence electrons. The van der Waals surface area contributed by atoms with E-state index >= 15 is 0 Å². The van der Waals surface area contributed by atoms with Crippen LogP contribution in [0.2, 0.25) is 0 Å². The van der Waals surface area contributed by atoms with Crippen LogP contribution in [-0.2, 0) is 17.6 Å². The van der Waals surface area contributed by atoms with E-state index in [9.17, 15) is 9.59 Å². The Labute approximate surface area is 233 Å². The fourth-order valence-electron chi connectivity index (χ4n) is 4.58. The number of hydrazone groups is 1. The first-order valence-corrected chi connectivity index (χ1v) is 14.2. The van der Waals surface area contributed by atoms with E-state index in [0.29, 0.717) is 39.0 Å². The van der Waals surface area contributed by atoms with Gasteiger partial charge in [-0.05, 0) is 49.4 Å². The molecule has 0 spiro atoms. The van der Waals surface area contributed by atoms with Gasteiger partial charge in [0, 0.05) is 16.5 Å². The molecule has 4 aromatic rings. The third-order valence-electron chi connectivity index (χ3n) is 6.43. The van der Waals surface area contributed by atoms with Gasteiger partial charge in [0.15, 0.2) is 16.7 Å². The number of carbonyl (C=O) groups excluding carboxylic acids is 1. The van der Waals surface area contributed by atoms with Gasteiger partial charge in [-0.3, -0.25) is 14.2 Å². The van der Waals surface area contributed by atoms with Gasteiger partial charge >= 0.3 is 0 Å². The van der Waals surface area contributed by atoms with Gasteiger partial charge in [0.05, 0.1) is 44.4 Å². The quantitative estimate of drug-likeness (QED) is 0.137. The summed E-state index contributed by atoms with van der Waals surface area (Å²) in [6, 6.07) is 12.8. The standard InChI is InChI=1S/C28H28N4O5S2/c1-35-20-14-22(37-3)21(36-2)13-17(20)15-29-31-24(33)16-38-28-30-26-25(19-11-7-8-12-23(19)39-26)27(34)32(28)18-9-5-4-6-10-18/h4-6,9-10,13-15H,7-8,11-12,16H2,1-3H3,(H,31,33). The van der Waals surface area contributed by atoms with E-state index in [1.165, 1.54) is 37.1 Å². The molecule has 1 N–H and O–H groups in total. The molecule has 1 amide bonds. The molecule has 9 nitrogen and oxygen atoms in total. The number of aromatic nitrogens is 2. The monoisotopic (exact) mass is 564 g/mol. The number of nitrogens with one attached hydrogen (secondary N) is 1. The maximum atomic E-state index is 13.8. The van der Waals surface area contributed by atoms with Crippen molar-refractivity contribution < 1.29 is 19.0 Å². The van der Waals surface area contributed by atoms with E-state index < -0.39 is 0 Å². The van der Waals surface area contributed by atoms with Gasteiger partial charge in [-0.15, -0.1) is 11.3 Å². The van der Waals surface area contributed by atoms with Crippen molar-refractivity contribution in [3.05, 3.63) is 68.8 Å². The predicted octanol–water partition coefficient (Wildman–Crippen LogP) is 4.59. The third-order valence-corrected chi connectivity index (χ3v) is 8.56. The summed E-state index contributed by atoms with van der Waals surface area (Å²) in [7, 11) is 4.61. The van der Waals surface area contributed by atoms with Crippen LogP contribution in [0, 0.1) is 0 Å². The number of fused-ring (bicyclic) bond motifs is 3. The number of aryl methyl sites for hydroxylation is 2. The van der Waals surface area contributed by atoms with E-state index in [1.54, 1.807) is 35.1 Å². The van der Waals surface area contributed by atoms with Gasteiger partial charge < -0.3 is 14.2 Å².